The average molecular weight is 368 g/mol. The van der Waals surface area contributed by atoms with Crippen molar-refractivity contribution in [3.05, 3.63) is 71.4 Å². The molecule has 8 heteroatoms. The van der Waals surface area contributed by atoms with E-state index in [2.05, 4.69) is 15.4 Å². The van der Waals surface area contributed by atoms with Crippen LogP contribution in [0.1, 0.15) is 21.7 Å². The van der Waals surface area contributed by atoms with E-state index < -0.39 is 24.3 Å². The molecule has 0 spiro atoms. The SMILES string of the molecule is Cc1cc(C)n(-c2ccc(C(=O)OCC(=O)Nc3cccc(F)c3)cn2)n1. The first-order valence-electron chi connectivity index (χ1n) is 8.14. The number of hydrogen-bond acceptors (Lipinski definition) is 5. The molecule has 138 valence electrons. The molecule has 0 bridgehead atoms. The molecule has 1 aromatic carbocycles. The number of anilines is 1. The molecule has 7 nitrogen and oxygen atoms in total. The second-order valence-corrected chi connectivity index (χ2v) is 5.88. The number of esters is 1. The number of hydrogen-bond donors (Lipinski definition) is 1. The molecule has 0 saturated heterocycles. The van der Waals surface area contributed by atoms with E-state index in [1.54, 1.807) is 16.8 Å². The number of pyridine rings is 1. The van der Waals surface area contributed by atoms with Gasteiger partial charge in [-0.3, -0.25) is 4.79 Å². The first-order valence-corrected chi connectivity index (χ1v) is 8.14. The maximum atomic E-state index is 13.1. The highest BCUT2D eigenvalue weighted by molar-refractivity contribution is 5.95. The molecule has 0 aliphatic rings. The van der Waals surface area contributed by atoms with Crippen LogP contribution in [0.3, 0.4) is 0 Å². The molecule has 0 fully saturated rings. The van der Waals surface area contributed by atoms with Crippen LogP contribution in [0.15, 0.2) is 48.7 Å². The van der Waals surface area contributed by atoms with Gasteiger partial charge in [-0.1, -0.05) is 6.07 Å². The lowest BCUT2D eigenvalue weighted by molar-refractivity contribution is -0.119. The number of nitrogens with one attached hydrogen (secondary N) is 1. The second kappa shape index (κ2) is 7.77. The van der Waals surface area contributed by atoms with Gasteiger partial charge in [0, 0.05) is 17.6 Å². The maximum absolute atomic E-state index is 13.1. The minimum Gasteiger partial charge on any atom is -0.452 e. The highest BCUT2D eigenvalue weighted by atomic mass is 19.1. The molecule has 0 aliphatic carbocycles. The number of rotatable bonds is 5. The Morgan fingerprint density at radius 2 is 2.00 bits per heavy atom. The largest absolute Gasteiger partial charge is 0.452 e. The summed E-state index contributed by atoms with van der Waals surface area (Å²) in [5, 5.41) is 6.76. The zero-order chi connectivity index (χ0) is 19.4. The molecular formula is C19H17FN4O3. The molecule has 3 aromatic rings. The lowest BCUT2D eigenvalue weighted by Gasteiger charge is -2.07. The van der Waals surface area contributed by atoms with E-state index in [0.29, 0.717) is 5.82 Å². The Morgan fingerprint density at radius 3 is 2.63 bits per heavy atom. The fourth-order valence-electron chi connectivity index (χ4n) is 2.47. The van der Waals surface area contributed by atoms with Crippen molar-refractivity contribution in [2.24, 2.45) is 0 Å². The highest BCUT2D eigenvalue weighted by Gasteiger charge is 2.12. The van der Waals surface area contributed by atoms with Gasteiger partial charge in [0.05, 0.1) is 11.3 Å². The summed E-state index contributed by atoms with van der Waals surface area (Å²) in [5.41, 5.74) is 2.28. The zero-order valence-electron chi connectivity index (χ0n) is 14.8. The van der Waals surface area contributed by atoms with E-state index in [4.69, 9.17) is 4.74 Å². The topological polar surface area (TPSA) is 86.1 Å². The molecule has 0 unspecified atom stereocenters. The van der Waals surface area contributed by atoms with Gasteiger partial charge in [-0.2, -0.15) is 5.10 Å². The Kier molecular flexibility index (Phi) is 5.25. The molecule has 1 N–H and O–H groups in total. The average Bonchev–Trinajstić information content (AvgIpc) is 2.98. The lowest BCUT2D eigenvalue weighted by Crippen LogP contribution is -2.21. The summed E-state index contributed by atoms with van der Waals surface area (Å²) in [6.45, 7) is 3.29. The van der Waals surface area contributed by atoms with Gasteiger partial charge in [0.2, 0.25) is 0 Å². The van der Waals surface area contributed by atoms with E-state index in [1.807, 2.05) is 19.9 Å². The summed E-state index contributed by atoms with van der Waals surface area (Å²) in [5.74, 6) is -1.16. The number of carbonyl (C=O) groups excluding carboxylic acids is 2. The number of nitrogens with zero attached hydrogens (tertiary/aromatic N) is 3. The van der Waals surface area contributed by atoms with Crippen LogP contribution in [0.25, 0.3) is 5.82 Å². The van der Waals surface area contributed by atoms with Crippen molar-refractivity contribution in [2.75, 3.05) is 11.9 Å². The molecule has 0 atom stereocenters. The number of benzene rings is 1. The van der Waals surface area contributed by atoms with Crippen LogP contribution in [-0.4, -0.2) is 33.2 Å². The summed E-state index contributed by atoms with van der Waals surface area (Å²) in [6, 6.07) is 10.5. The monoisotopic (exact) mass is 368 g/mol. The molecule has 27 heavy (non-hydrogen) atoms. The Bertz CT molecular complexity index is 983. The van der Waals surface area contributed by atoms with Gasteiger partial charge in [0.1, 0.15) is 5.82 Å². The summed E-state index contributed by atoms with van der Waals surface area (Å²) in [4.78, 5) is 28.1. The molecule has 0 radical (unpaired) electrons. The minimum atomic E-state index is -0.684. The van der Waals surface area contributed by atoms with Crippen LogP contribution in [0.5, 0.6) is 0 Å². The van der Waals surface area contributed by atoms with E-state index in [0.717, 1.165) is 11.4 Å². The smallest absolute Gasteiger partial charge is 0.340 e. The van der Waals surface area contributed by atoms with Gasteiger partial charge in [-0.15, -0.1) is 0 Å². The van der Waals surface area contributed by atoms with Crippen LogP contribution in [0.2, 0.25) is 0 Å². The van der Waals surface area contributed by atoms with Gasteiger partial charge in [-0.05, 0) is 50.2 Å². The van der Waals surface area contributed by atoms with Crippen molar-refractivity contribution in [1.82, 2.24) is 14.8 Å². The fraction of sp³-hybridized carbons (Fsp3) is 0.158. The quantitative estimate of drug-likeness (QED) is 0.700. The second-order valence-electron chi connectivity index (χ2n) is 5.88. The highest BCUT2D eigenvalue weighted by Crippen LogP contribution is 2.11. The van der Waals surface area contributed by atoms with Gasteiger partial charge in [0.15, 0.2) is 12.4 Å². The first-order chi connectivity index (χ1) is 12.9. The minimum absolute atomic E-state index is 0.207. The van der Waals surface area contributed by atoms with Crippen LogP contribution in [0, 0.1) is 19.7 Å². The number of ether oxygens (including phenoxy) is 1. The van der Waals surface area contributed by atoms with Crippen molar-refractivity contribution < 1.29 is 18.7 Å². The van der Waals surface area contributed by atoms with E-state index in [-0.39, 0.29) is 11.3 Å². The van der Waals surface area contributed by atoms with Crippen LogP contribution >= 0.6 is 0 Å². The van der Waals surface area contributed by atoms with Crippen molar-refractivity contribution >= 4 is 17.6 Å². The third-order valence-electron chi connectivity index (χ3n) is 3.65. The molecule has 2 heterocycles. The Balaban J connectivity index is 1.58. The Morgan fingerprint density at radius 1 is 1.19 bits per heavy atom. The van der Waals surface area contributed by atoms with E-state index in [9.17, 15) is 14.0 Å². The maximum Gasteiger partial charge on any atom is 0.340 e. The fourth-order valence-corrected chi connectivity index (χ4v) is 2.47. The van der Waals surface area contributed by atoms with Gasteiger partial charge >= 0.3 is 5.97 Å². The summed E-state index contributed by atoms with van der Waals surface area (Å²) < 4.78 is 19.7. The van der Waals surface area contributed by atoms with Crippen molar-refractivity contribution in [3.63, 3.8) is 0 Å². The summed E-state index contributed by atoms with van der Waals surface area (Å²) >= 11 is 0. The van der Waals surface area contributed by atoms with Crippen molar-refractivity contribution in [3.8, 4) is 5.82 Å². The number of aromatic nitrogens is 3. The van der Waals surface area contributed by atoms with Crippen molar-refractivity contribution in [1.29, 1.82) is 0 Å². The molecule has 1 amide bonds. The zero-order valence-corrected chi connectivity index (χ0v) is 14.8. The summed E-state index contributed by atoms with van der Waals surface area (Å²) in [6.07, 6.45) is 1.36. The molecule has 0 saturated carbocycles. The standard InChI is InChI=1S/C19H17FN4O3/c1-12-8-13(2)24(23-12)17-7-6-14(10-21-17)19(26)27-11-18(25)22-16-5-3-4-15(20)9-16/h3-10H,11H2,1-2H3,(H,22,25). The van der Waals surface area contributed by atoms with Crippen LogP contribution < -0.4 is 5.32 Å². The summed E-state index contributed by atoms with van der Waals surface area (Å²) in [7, 11) is 0. The number of aryl methyl sites for hydroxylation is 2. The molecule has 0 aliphatic heterocycles. The van der Waals surface area contributed by atoms with Crippen LogP contribution in [0.4, 0.5) is 10.1 Å². The Labute approximate surface area is 154 Å². The third kappa shape index (κ3) is 4.55. The van der Waals surface area contributed by atoms with Gasteiger partial charge < -0.3 is 10.1 Å². The molecule has 2 aromatic heterocycles. The lowest BCUT2D eigenvalue weighted by atomic mass is 10.3. The molecule has 3 rings (SSSR count). The Hall–Kier alpha value is -3.55. The van der Waals surface area contributed by atoms with E-state index in [1.165, 1.54) is 30.5 Å². The van der Waals surface area contributed by atoms with Crippen LogP contribution in [-0.2, 0) is 9.53 Å². The van der Waals surface area contributed by atoms with Crippen molar-refractivity contribution in [2.45, 2.75) is 13.8 Å². The number of carbonyl (C=O) groups is 2. The number of amides is 1. The van der Waals surface area contributed by atoms with Gasteiger partial charge in [-0.25, -0.2) is 18.9 Å². The first kappa shape index (κ1) is 18.2. The van der Waals surface area contributed by atoms with E-state index >= 15 is 0 Å². The predicted molar refractivity (Wildman–Crippen MR) is 96.1 cm³/mol. The molecular weight excluding hydrogens is 351 g/mol. The number of halogens is 1. The predicted octanol–water partition coefficient (Wildman–Crippen LogP) is 2.82. The third-order valence-corrected chi connectivity index (χ3v) is 3.65. The normalized spacial score (nSPS) is 10.5. The van der Waals surface area contributed by atoms with Gasteiger partial charge in [0.25, 0.3) is 5.91 Å².